The SMILES string of the molecule is O=C(O)c1cc(F)ccc1NCCCCn1ccnc1. The summed E-state index contributed by atoms with van der Waals surface area (Å²) < 4.78 is 15.0. The van der Waals surface area contributed by atoms with Crippen LogP contribution in [0.1, 0.15) is 23.2 Å². The Labute approximate surface area is 116 Å². The Bertz CT molecular complexity index is 570. The van der Waals surface area contributed by atoms with Gasteiger partial charge in [-0.25, -0.2) is 14.2 Å². The van der Waals surface area contributed by atoms with Crippen LogP contribution < -0.4 is 5.32 Å². The number of unbranched alkanes of at least 4 members (excludes halogenated alkanes) is 1. The van der Waals surface area contributed by atoms with E-state index in [-0.39, 0.29) is 5.56 Å². The van der Waals surface area contributed by atoms with Gasteiger partial charge in [-0.2, -0.15) is 0 Å². The van der Waals surface area contributed by atoms with Crippen LogP contribution in [0.5, 0.6) is 0 Å². The number of hydrogen-bond acceptors (Lipinski definition) is 3. The van der Waals surface area contributed by atoms with Gasteiger partial charge in [0, 0.05) is 31.2 Å². The number of hydrogen-bond donors (Lipinski definition) is 2. The average molecular weight is 277 g/mol. The number of aromatic carboxylic acids is 1. The number of nitrogens with one attached hydrogen (secondary N) is 1. The van der Waals surface area contributed by atoms with E-state index >= 15 is 0 Å². The number of imidazole rings is 1. The van der Waals surface area contributed by atoms with Crippen molar-refractivity contribution in [3.05, 3.63) is 48.3 Å². The Morgan fingerprint density at radius 1 is 1.40 bits per heavy atom. The molecule has 2 N–H and O–H groups in total. The lowest BCUT2D eigenvalue weighted by Crippen LogP contribution is -2.09. The summed E-state index contributed by atoms with van der Waals surface area (Å²) in [7, 11) is 0. The maximum Gasteiger partial charge on any atom is 0.337 e. The fraction of sp³-hybridized carbons (Fsp3) is 0.286. The van der Waals surface area contributed by atoms with Crippen LogP contribution in [0, 0.1) is 5.82 Å². The number of aryl methyl sites for hydroxylation is 1. The van der Waals surface area contributed by atoms with Gasteiger partial charge in [-0.1, -0.05) is 0 Å². The standard InChI is InChI=1S/C14H16FN3O2/c15-11-3-4-13(12(9-11)14(19)20)17-5-1-2-7-18-8-6-16-10-18/h3-4,6,8-10,17H,1-2,5,7H2,(H,19,20). The monoisotopic (exact) mass is 277 g/mol. The topological polar surface area (TPSA) is 67.2 Å². The summed E-state index contributed by atoms with van der Waals surface area (Å²) >= 11 is 0. The molecule has 0 saturated carbocycles. The fourth-order valence-electron chi connectivity index (χ4n) is 1.91. The Kier molecular flexibility index (Phi) is 4.70. The van der Waals surface area contributed by atoms with Crippen molar-refractivity contribution in [3.8, 4) is 0 Å². The summed E-state index contributed by atoms with van der Waals surface area (Å²) in [5, 5.41) is 12.0. The number of benzene rings is 1. The minimum atomic E-state index is -1.13. The average Bonchev–Trinajstić information content (AvgIpc) is 2.92. The number of carbonyl (C=O) groups is 1. The van der Waals surface area contributed by atoms with E-state index in [0.717, 1.165) is 25.5 Å². The Balaban J connectivity index is 1.80. The van der Waals surface area contributed by atoms with Crippen LogP contribution in [0.25, 0.3) is 0 Å². The second kappa shape index (κ2) is 6.70. The van der Waals surface area contributed by atoms with Gasteiger partial charge in [0.2, 0.25) is 0 Å². The van der Waals surface area contributed by atoms with Crippen molar-refractivity contribution in [1.82, 2.24) is 9.55 Å². The molecule has 0 aliphatic rings. The Hall–Kier alpha value is -2.37. The molecule has 0 unspecified atom stereocenters. The Morgan fingerprint density at radius 3 is 2.95 bits per heavy atom. The molecule has 0 radical (unpaired) electrons. The second-order valence-corrected chi connectivity index (χ2v) is 4.43. The lowest BCUT2D eigenvalue weighted by molar-refractivity contribution is 0.0697. The molecule has 0 spiro atoms. The molecule has 0 bridgehead atoms. The lowest BCUT2D eigenvalue weighted by Gasteiger charge is -2.09. The van der Waals surface area contributed by atoms with Crippen molar-refractivity contribution in [1.29, 1.82) is 0 Å². The predicted molar refractivity (Wildman–Crippen MR) is 73.3 cm³/mol. The van der Waals surface area contributed by atoms with E-state index in [9.17, 15) is 9.18 Å². The number of rotatable bonds is 7. The van der Waals surface area contributed by atoms with Crippen molar-refractivity contribution in [2.24, 2.45) is 0 Å². The lowest BCUT2D eigenvalue weighted by atomic mass is 10.1. The molecule has 1 aromatic heterocycles. The molecule has 1 heterocycles. The largest absolute Gasteiger partial charge is 0.478 e. The number of halogens is 1. The molecule has 2 rings (SSSR count). The molecule has 20 heavy (non-hydrogen) atoms. The fourth-order valence-corrected chi connectivity index (χ4v) is 1.91. The molecule has 6 heteroatoms. The highest BCUT2D eigenvalue weighted by Gasteiger charge is 2.10. The van der Waals surface area contributed by atoms with Gasteiger partial charge < -0.3 is 15.0 Å². The number of nitrogens with zero attached hydrogens (tertiary/aromatic N) is 2. The molecule has 0 aliphatic carbocycles. The van der Waals surface area contributed by atoms with Crippen LogP contribution in [0.3, 0.4) is 0 Å². The van der Waals surface area contributed by atoms with Gasteiger partial charge in [0.25, 0.3) is 0 Å². The first kappa shape index (κ1) is 14.0. The Morgan fingerprint density at radius 2 is 2.25 bits per heavy atom. The zero-order valence-electron chi connectivity index (χ0n) is 10.9. The number of carboxylic acid groups (broad SMARTS) is 1. The second-order valence-electron chi connectivity index (χ2n) is 4.43. The van der Waals surface area contributed by atoms with E-state index in [4.69, 9.17) is 5.11 Å². The summed E-state index contributed by atoms with van der Waals surface area (Å²) in [5.41, 5.74) is 0.404. The van der Waals surface area contributed by atoms with Crippen LogP contribution in [-0.2, 0) is 6.54 Å². The van der Waals surface area contributed by atoms with Crippen molar-refractivity contribution in [3.63, 3.8) is 0 Å². The smallest absolute Gasteiger partial charge is 0.337 e. The van der Waals surface area contributed by atoms with Crippen molar-refractivity contribution in [2.45, 2.75) is 19.4 Å². The highest BCUT2D eigenvalue weighted by Crippen LogP contribution is 2.17. The first-order valence-corrected chi connectivity index (χ1v) is 6.39. The first-order chi connectivity index (χ1) is 9.66. The highest BCUT2D eigenvalue weighted by atomic mass is 19.1. The summed E-state index contributed by atoms with van der Waals surface area (Å²) in [4.78, 5) is 15.0. The van der Waals surface area contributed by atoms with E-state index in [2.05, 4.69) is 10.3 Å². The van der Waals surface area contributed by atoms with Crippen molar-refractivity contribution < 1.29 is 14.3 Å². The van der Waals surface area contributed by atoms with E-state index in [0.29, 0.717) is 12.2 Å². The third-order valence-electron chi connectivity index (χ3n) is 2.93. The predicted octanol–water partition coefficient (Wildman–Crippen LogP) is 2.61. The van der Waals surface area contributed by atoms with Gasteiger partial charge >= 0.3 is 5.97 Å². The number of carboxylic acids is 1. The molecule has 0 aliphatic heterocycles. The molecule has 0 amide bonds. The van der Waals surface area contributed by atoms with E-state index in [1.165, 1.54) is 12.1 Å². The van der Waals surface area contributed by atoms with Gasteiger partial charge in [0.15, 0.2) is 0 Å². The van der Waals surface area contributed by atoms with Crippen LogP contribution >= 0.6 is 0 Å². The summed E-state index contributed by atoms with van der Waals surface area (Å²) in [6.45, 7) is 1.51. The molecular weight excluding hydrogens is 261 g/mol. The van der Waals surface area contributed by atoms with Crippen LogP contribution in [-0.4, -0.2) is 27.2 Å². The van der Waals surface area contributed by atoms with Crippen molar-refractivity contribution in [2.75, 3.05) is 11.9 Å². The maximum atomic E-state index is 13.0. The van der Waals surface area contributed by atoms with E-state index < -0.39 is 11.8 Å². The van der Waals surface area contributed by atoms with Gasteiger partial charge in [-0.15, -0.1) is 0 Å². The molecule has 1 aromatic carbocycles. The molecule has 0 fully saturated rings. The molecule has 2 aromatic rings. The third kappa shape index (κ3) is 3.81. The quantitative estimate of drug-likeness (QED) is 0.763. The zero-order chi connectivity index (χ0) is 14.4. The summed E-state index contributed by atoms with van der Waals surface area (Å²) in [6, 6.07) is 3.73. The van der Waals surface area contributed by atoms with E-state index in [1.54, 1.807) is 12.5 Å². The summed E-state index contributed by atoms with van der Waals surface area (Å²) in [5.74, 6) is -1.68. The van der Waals surface area contributed by atoms with E-state index in [1.807, 2.05) is 10.8 Å². The van der Waals surface area contributed by atoms with Crippen molar-refractivity contribution >= 4 is 11.7 Å². The number of aromatic nitrogens is 2. The van der Waals surface area contributed by atoms with Gasteiger partial charge in [-0.3, -0.25) is 0 Å². The zero-order valence-corrected chi connectivity index (χ0v) is 10.9. The summed E-state index contributed by atoms with van der Waals surface area (Å²) in [6.07, 6.45) is 7.23. The van der Waals surface area contributed by atoms with Crippen LogP contribution in [0.4, 0.5) is 10.1 Å². The molecule has 0 atom stereocenters. The maximum absolute atomic E-state index is 13.0. The molecule has 5 nitrogen and oxygen atoms in total. The third-order valence-corrected chi connectivity index (χ3v) is 2.93. The minimum absolute atomic E-state index is 0.0420. The van der Waals surface area contributed by atoms with Gasteiger partial charge in [0.1, 0.15) is 5.82 Å². The number of anilines is 1. The molecule has 0 saturated heterocycles. The van der Waals surface area contributed by atoms with Gasteiger partial charge in [-0.05, 0) is 31.0 Å². The molecule has 106 valence electrons. The molecular formula is C14H16FN3O2. The minimum Gasteiger partial charge on any atom is -0.478 e. The van der Waals surface area contributed by atoms with Gasteiger partial charge in [0.05, 0.1) is 11.9 Å². The first-order valence-electron chi connectivity index (χ1n) is 6.39. The van der Waals surface area contributed by atoms with Crippen LogP contribution in [0.2, 0.25) is 0 Å². The highest BCUT2D eigenvalue weighted by molar-refractivity contribution is 5.94. The van der Waals surface area contributed by atoms with Crippen LogP contribution in [0.15, 0.2) is 36.9 Å². The normalized spacial score (nSPS) is 10.4.